The first-order valence-electron chi connectivity index (χ1n) is 9.90. The van der Waals surface area contributed by atoms with E-state index in [-0.39, 0.29) is 5.60 Å². The molecule has 1 aromatic rings. The summed E-state index contributed by atoms with van der Waals surface area (Å²) in [5, 5.41) is 0. The molecule has 4 rings (SSSR count). The minimum absolute atomic E-state index is 0.116. The van der Waals surface area contributed by atoms with E-state index in [2.05, 4.69) is 48.0 Å². The maximum absolute atomic E-state index is 6.40. The summed E-state index contributed by atoms with van der Waals surface area (Å²) < 4.78 is 11.9. The molecule has 1 spiro atoms. The summed E-state index contributed by atoms with van der Waals surface area (Å²) in [7, 11) is 2.22. The van der Waals surface area contributed by atoms with Crippen LogP contribution in [-0.4, -0.2) is 62.5 Å². The largest absolute Gasteiger partial charge is 0.381 e. The lowest BCUT2D eigenvalue weighted by atomic mass is 9.86. The van der Waals surface area contributed by atoms with Gasteiger partial charge in [0.05, 0.1) is 18.2 Å². The normalized spacial score (nSPS) is 27.7. The number of hydrogen-bond acceptors (Lipinski definition) is 4. The maximum atomic E-state index is 6.40. The van der Waals surface area contributed by atoms with Gasteiger partial charge in [-0.1, -0.05) is 17.7 Å². The van der Waals surface area contributed by atoms with Crippen molar-refractivity contribution in [3.05, 3.63) is 29.8 Å². The zero-order chi connectivity index (χ0) is 17.3. The zero-order valence-corrected chi connectivity index (χ0v) is 15.7. The number of aryl methyl sites for hydroxylation is 1. The Morgan fingerprint density at radius 3 is 2.44 bits per heavy atom. The standard InChI is InChI=1S/C21H32N2O2/c1-17-3-5-18(6-4-17)22(2)20-15-21(25-16-20)9-11-23(12-10-21)19-7-13-24-14-8-19/h3-6,19-20H,7-16H2,1-2H3/t20-/m1/s1. The first kappa shape index (κ1) is 17.3. The minimum Gasteiger partial charge on any atom is -0.381 e. The number of benzene rings is 1. The molecule has 1 atom stereocenters. The number of piperidine rings is 1. The number of likely N-dealkylation sites (tertiary alicyclic amines) is 1. The highest BCUT2D eigenvalue weighted by Gasteiger charge is 2.44. The lowest BCUT2D eigenvalue weighted by Gasteiger charge is -2.43. The lowest BCUT2D eigenvalue weighted by molar-refractivity contribution is -0.0612. The van der Waals surface area contributed by atoms with Crippen molar-refractivity contribution in [1.29, 1.82) is 0 Å². The van der Waals surface area contributed by atoms with Gasteiger partial charge in [0.15, 0.2) is 0 Å². The average molecular weight is 344 g/mol. The van der Waals surface area contributed by atoms with Gasteiger partial charge in [0.25, 0.3) is 0 Å². The highest BCUT2D eigenvalue weighted by atomic mass is 16.5. The zero-order valence-electron chi connectivity index (χ0n) is 15.7. The molecule has 25 heavy (non-hydrogen) atoms. The Hall–Kier alpha value is -1.10. The van der Waals surface area contributed by atoms with Gasteiger partial charge in [-0.05, 0) is 51.2 Å². The summed E-state index contributed by atoms with van der Waals surface area (Å²) >= 11 is 0. The molecule has 0 N–H and O–H groups in total. The van der Waals surface area contributed by atoms with Crippen LogP contribution in [0, 0.1) is 6.92 Å². The monoisotopic (exact) mass is 344 g/mol. The Morgan fingerprint density at radius 2 is 1.76 bits per heavy atom. The molecule has 0 amide bonds. The summed E-state index contributed by atoms with van der Waals surface area (Å²) in [6.45, 7) is 7.25. The van der Waals surface area contributed by atoms with Crippen molar-refractivity contribution in [3.63, 3.8) is 0 Å². The fourth-order valence-corrected chi connectivity index (χ4v) is 4.76. The summed E-state index contributed by atoms with van der Waals surface area (Å²) in [5.41, 5.74) is 2.73. The Morgan fingerprint density at radius 1 is 1.08 bits per heavy atom. The van der Waals surface area contributed by atoms with Crippen LogP contribution in [-0.2, 0) is 9.47 Å². The SMILES string of the molecule is Cc1ccc(N(C)[C@H]2COC3(CCN(C4CCOCC4)CC3)C2)cc1. The van der Waals surface area contributed by atoms with Crippen molar-refractivity contribution in [2.75, 3.05) is 44.9 Å². The van der Waals surface area contributed by atoms with Crippen LogP contribution in [0.4, 0.5) is 5.69 Å². The van der Waals surface area contributed by atoms with Crippen LogP contribution in [0.15, 0.2) is 24.3 Å². The highest BCUT2D eigenvalue weighted by Crippen LogP contribution is 2.39. The van der Waals surface area contributed by atoms with Crippen LogP contribution < -0.4 is 4.90 Å². The van der Waals surface area contributed by atoms with Gasteiger partial charge in [-0.2, -0.15) is 0 Å². The summed E-state index contributed by atoms with van der Waals surface area (Å²) in [6, 6.07) is 10.1. The Bertz CT molecular complexity index is 560. The van der Waals surface area contributed by atoms with Crippen molar-refractivity contribution in [3.8, 4) is 0 Å². The second-order valence-electron chi connectivity index (χ2n) is 8.18. The third kappa shape index (κ3) is 3.71. The molecule has 1 aromatic carbocycles. The topological polar surface area (TPSA) is 24.9 Å². The van der Waals surface area contributed by atoms with Gasteiger partial charge in [0, 0.05) is 45.1 Å². The number of hydrogen-bond donors (Lipinski definition) is 0. The van der Waals surface area contributed by atoms with Gasteiger partial charge in [-0.3, -0.25) is 4.90 Å². The van der Waals surface area contributed by atoms with E-state index in [1.165, 1.54) is 56.4 Å². The highest BCUT2D eigenvalue weighted by molar-refractivity contribution is 5.48. The van der Waals surface area contributed by atoms with Crippen molar-refractivity contribution in [2.24, 2.45) is 0 Å². The molecule has 0 bridgehead atoms. The Labute approximate surface area is 152 Å². The molecule has 4 heteroatoms. The molecule has 3 heterocycles. The van der Waals surface area contributed by atoms with E-state index in [0.717, 1.165) is 25.9 Å². The Balaban J connectivity index is 1.33. The third-order valence-electron chi connectivity index (χ3n) is 6.59. The minimum atomic E-state index is 0.116. The quantitative estimate of drug-likeness (QED) is 0.840. The average Bonchev–Trinajstić information content (AvgIpc) is 3.07. The van der Waals surface area contributed by atoms with Crippen LogP contribution in [0.1, 0.15) is 37.7 Å². The smallest absolute Gasteiger partial charge is 0.0728 e. The van der Waals surface area contributed by atoms with Crippen LogP contribution in [0.25, 0.3) is 0 Å². The molecule has 3 saturated heterocycles. The number of ether oxygens (including phenoxy) is 2. The summed E-state index contributed by atoms with van der Waals surface area (Å²) in [4.78, 5) is 5.10. The second kappa shape index (κ2) is 7.26. The van der Waals surface area contributed by atoms with E-state index in [4.69, 9.17) is 9.47 Å². The predicted octanol–water partition coefficient (Wildman–Crippen LogP) is 3.23. The fraction of sp³-hybridized carbons (Fsp3) is 0.714. The van der Waals surface area contributed by atoms with Gasteiger partial charge in [-0.25, -0.2) is 0 Å². The molecule has 3 aliphatic rings. The molecule has 0 unspecified atom stereocenters. The summed E-state index contributed by atoms with van der Waals surface area (Å²) in [6.07, 6.45) is 5.93. The molecule has 3 aliphatic heterocycles. The fourth-order valence-electron chi connectivity index (χ4n) is 4.76. The van der Waals surface area contributed by atoms with Gasteiger partial charge < -0.3 is 14.4 Å². The molecule has 0 aliphatic carbocycles. The molecular weight excluding hydrogens is 312 g/mol. The second-order valence-corrected chi connectivity index (χ2v) is 8.18. The maximum Gasteiger partial charge on any atom is 0.0728 e. The van der Waals surface area contributed by atoms with Crippen molar-refractivity contribution in [1.82, 2.24) is 4.90 Å². The van der Waals surface area contributed by atoms with E-state index in [1.54, 1.807) is 0 Å². The predicted molar refractivity (Wildman–Crippen MR) is 101 cm³/mol. The van der Waals surface area contributed by atoms with E-state index < -0.39 is 0 Å². The molecule has 3 fully saturated rings. The lowest BCUT2D eigenvalue weighted by Crippen LogP contribution is -2.49. The van der Waals surface area contributed by atoms with Crippen LogP contribution in [0.2, 0.25) is 0 Å². The Kier molecular flexibility index (Phi) is 5.03. The van der Waals surface area contributed by atoms with Gasteiger partial charge in [0.1, 0.15) is 0 Å². The summed E-state index contributed by atoms with van der Waals surface area (Å²) in [5.74, 6) is 0. The van der Waals surface area contributed by atoms with Gasteiger partial charge >= 0.3 is 0 Å². The number of nitrogens with zero attached hydrogens (tertiary/aromatic N) is 2. The van der Waals surface area contributed by atoms with Crippen LogP contribution in [0.5, 0.6) is 0 Å². The molecular formula is C21H32N2O2. The molecule has 0 saturated carbocycles. The van der Waals surface area contributed by atoms with E-state index >= 15 is 0 Å². The number of anilines is 1. The molecule has 138 valence electrons. The molecule has 0 radical (unpaired) electrons. The first-order valence-corrected chi connectivity index (χ1v) is 9.90. The first-order chi connectivity index (χ1) is 12.2. The van der Waals surface area contributed by atoms with Crippen LogP contribution >= 0.6 is 0 Å². The van der Waals surface area contributed by atoms with E-state index in [1.807, 2.05) is 0 Å². The van der Waals surface area contributed by atoms with Crippen LogP contribution in [0.3, 0.4) is 0 Å². The van der Waals surface area contributed by atoms with Gasteiger partial charge in [0.2, 0.25) is 0 Å². The van der Waals surface area contributed by atoms with Crippen molar-refractivity contribution in [2.45, 2.75) is 56.7 Å². The van der Waals surface area contributed by atoms with Crippen molar-refractivity contribution >= 4 is 5.69 Å². The van der Waals surface area contributed by atoms with Gasteiger partial charge in [-0.15, -0.1) is 0 Å². The number of rotatable bonds is 3. The molecule has 4 nitrogen and oxygen atoms in total. The number of likely N-dealkylation sites (N-methyl/N-ethyl adjacent to an activating group) is 1. The third-order valence-corrected chi connectivity index (χ3v) is 6.59. The van der Waals surface area contributed by atoms with E-state index in [0.29, 0.717) is 6.04 Å². The molecule has 0 aromatic heterocycles. The van der Waals surface area contributed by atoms with Crippen molar-refractivity contribution < 1.29 is 9.47 Å². The van der Waals surface area contributed by atoms with E-state index in [9.17, 15) is 0 Å².